The Morgan fingerprint density at radius 3 is 2.67 bits per heavy atom. The molecule has 0 bridgehead atoms. The number of amides is 2. The molecule has 1 aliphatic heterocycles. The summed E-state index contributed by atoms with van der Waals surface area (Å²) >= 11 is 0. The van der Waals surface area contributed by atoms with Gasteiger partial charge < -0.3 is 21.7 Å². The summed E-state index contributed by atoms with van der Waals surface area (Å²) in [4.78, 5) is 13.0. The Hall–Kier alpha value is -0.810. The van der Waals surface area contributed by atoms with Crippen molar-refractivity contribution in [1.29, 1.82) is 0 Å². The van der Waals surface area contributed by atoms with Crippen LogP contribution in [0.5, 0.6) is 0 Å². The number of nitrogens with one attached hydrogen (secondary N) is 1. The molecule has 5 heteroatoms. The first-order valence-corrected chi connectivity index (χ1v) is 4.24. The minimum absolute atomic E-state index is 0.00898. The second-order valence-corrected chi connectivity index (χ2v) is 2.90. The Balaban J connectivity index is 2.51. The number of carbonyl (C=O) groups excluding carboxylic acids is 1. The molecule has 1 heterocycles. The number of urea groups is 1. The standard InChI is InChI=1S/C7H16N4O/c8-4-6(5-9)11-3-1-2-10-7(11)12/h6H,1-5,8-9H2,(H,10,12). The van der Waals surface area contributed by atoms with Gasteiger partial charge in [-0.1, -0.05) is 0 Å². The number of nitrogens with two attached hydrogens (primary N) is 2. The van der Waals surface area contributed by atoms with Gasteiger partial charge in [-0.25, -0.2) is 4.79 Å². The SMILES string of the molecule is NCC(CN)N1CCCNC1=O. The van der Waals surface area contributed by atoms with Crippen molar-refractivity contribution in [1.82, 2.24) is 10.2 Å². The Morgan fingerprint density at radius 2 is 2.17 bits per heavy atom. The average molecular weight is 172 g/mol. The predicted octanol–water partition coefficient (Wildman–Crippen LogP) is -1.31. The van der Waals surface area contributed by atoms with Gasteiger partial charge in [-0.15, -0.1) is 0 Å². The molecular formula is C7H16N4O. The topological polar surface area (TPSA) is 84.4 Å². The predicted molar refractivity (Wildman–Crippen MR) is 46.6 cm³/mol. The van der Waals surface area contributed by atoms with Gasteiger partial charge in [0.25, 0.3) is 0 Å². The Bertz CT molecular complexity index is 157. The van der Waals surface area contributed by atoms with E-state index in [1.807, 2.05) is 0 Å². The molecule has 70 valence electrons. The van der Waals surface area contributed by atoms with Gasteiger partial charge in [0.15, 0.2) is 0 Å². The van der Waals surface area contributed by atoms with Crippen LogP contribution in [0.2, 0.25) is 0 Å². The van der Waals surface area contributed by atoms with Crippen LogP contribution >= 0.6 is 0 Å². The van der Waals surface area contributed by atoms with Crippen molar-refractivity contribution in [3.05, 3.63) is 0 Å². The van der Waals surface area contributed by atoms with Crippen molar-refractivity contribution in [2.75, 3.05) is 26.2 Å². The monoisotopic (exact) mass is 172 g/mol. The van der Waals surface area contributed by atoms with Crippen LogP contribution in [0.4, 0.5) is 4.79 Å². The van der Waals surface area contributed by atoms with E-state index in [1.54, 1.807) is 4.90 Å². The Labute approximate surface area is 72.1 Å². The number of carbonyl (C=O) groups is 1. The maximum Gasteiger partial charge on any atom is 0.317 e. The quantitative estimate of drug-likeness (QED) is 0.494. The zero-order valence-electron chi connectivity index (χ0n) is 7.12. The molecule has 2 amide bonds. The van der Waals surface area contributed by atoms with Gasteiger partial charge >= 0.3 is 6.03 Å². The number of hydrogen-bond acceptors (Lipinski definition) is 3. The van der Waals surface area contributed by atoms with E-state index < -0.39 is 0 Å². The van der Waals surface area contributed by atoms with Crippen LogP contribution < -0.4 is 16.8 Å². The van der Waals surface area contributed by atoms with Crippen molar-refractivity contribution in [2.45, 2.75) is 12.5 Å². The van der Waals surface area contributed by atoms with Crippen molar-refractivity contribution >= 4 is 6.03 Å². The maximum atomic E-state index is 11.3. The molecule has 0 radical (unpaired) electrons. The lowest BCUT2D eigenvalue weighted by Gasteiger charge is -2.33. The Kier molecular flexibility index (Phi) is 3.31. The molecule has 0 aliphatic carbocycles. The van der Waals surface area contributed by atoms with E-state index in [9.17, 15) is 4.79 Å². The maximum absolute atomic E-state index is 11.3. The van der Waals surface area contributed by atoms with Gasteiger partial charge in [0.1, 0.15) is 0 Å². The first kappa shape index (κ1) is 9.28. The van der Waals surface area contributed by atoms with Crippen molar-refractivity contribution in [3.63, 3.8) is 0 Å². The molecule has 0 saturated carbocycles. The molecule has 0 aromatic rings. The number of rotatable bonds is 3. The highest BCUT2D eigenvalue weighted by atomic mass is 16.2. The fourth-order valence-corrected chi connectivity index (χ4v) is 1.35. The van der Waals surface area contributed by atoms with E-state index in [0.29, 0.717) is 13.1 Å². The largest absolute Gasteiger partial charge is 0.338 e. The van der Waals surface area contributed by atoms with Crippen LogP contribution in [0.25, 0.3) is 0 Å². The van der Waals surface area contributed by atoms with Gasteiger partial charge in [0.2, 0.25) is 0 Å². The highest BCUT2D eigenvalue weighted by molar-refractivity contribution is 5.75. The van der Waals surface area contributed by atoms with Crippen LogP contribution in [-0.4, -0.2) is 43.2 Å². The lowest BCUT2D eigenvalue weighted by molar-refractivity contribution is 0.164. The van der Waals surface area contributed by atoms with Gasteiger partial charge in [-0.3, -0.25) is 0 Å². The lowest BCUT2D eigenvalue weighted by atomic mass is 10.2. The summed E-state index contributed by atoms with van der Waals surface area (Å²) in [7, 11) is 0. The van der Waals surface area contributed by atoms with E-state index in [1.165, 1.54) is 0 Å². The van der Waals surface area contributed by atoms with Gasteiger partial charge in [-0.2, -0.15) is 0 Å². The van der Waals surface area contributed by atoms with E-state index in [-0.39, 0.29) is 12.1 Å². The summed E-state index contributed by atoms with van der Waals surface area (Å²) < 4.78 is 0. The molecule has 0 atom stereocenters. The van der Waals surface area contributed by atoms with Crippen LogP contribution in [-0.2, 0) is 0 Å². The minimum Gasteiger partial charge on any atom is -0.338 e. The Morgan fingerprint density at radius 1 is 1.50 bits per heavy atom. The molecule has 0 spiro atoms. The fraction of sp³-hybridized carbons (Fsp3) is 0.857. The normalized spacial score (nSPS) is 18.2. The first-order chi connectivity index (χ1) is 5.79. The smallest absolute Gasteiger partial charge is 0.317 e. The van der Waals surface area contributed by atoms with Gasteiger partial charge in [0, 0.05) is 26.2 Å². The second kappa shape index (κ2) is 4.27. The summed E-state index contributed by atoms with van der Waals surface area (Å²) in [6, 6.07) is -0.0487. The van der Waals surface area contributed by atoms with E-state index in [4.69, 9.17) is 11.5 Å². The van der Waals surface area contributed by atoms with E-state index in [2.05, 4.69) is 5.32 Å². The van der Waals surface area contributed by atoms with Crippen LogP contribution in [0.15, 0.2) is 0 Å². The molecule has 5 N–H and O–H groups in total. The molecule has 0 aromatic carbocycles. The molecule has 1 rings (SSSR count). The first-order valence-electron chi connectivity index (χ1n) is 4.24. The highest BCUT2D eigenvalue weighted by Gasteiger charge is 2.23. The zero-order chi connectivity index (χ0) is 8.97. The van der Waals surface area contributed by atoms with Gasteiger partial charge in [0.05, 0.1) is 6.04 Å². The van der Waals surface area contributed by atoms with Crippen molar-refractivity contribution in [2.24, 2.45) is 11.5 Å². The van der Waals surface area contributed by atoms with Crippen LogP contribution in [0.1, 0.15) is 6.42 Å². The average Bonchev–Trinajstić information content (AvgIpc) is 2.10. The molecule has 1 saturated heterocycles. The lowest BCUT2D eigenvalue weighted by Crippen LogP contribution is -2.55. The summed E-state index contributed by atoms with van der Waals surface area (Å²) in [5.41, 5.74) is 10.9. The molecule has 1 aliphatic rings. The molecule has 0 unspecified atom stereocenters. The number of hydrogen-bond donors (Lipinski definition) is 3. The summed E-state index contributed by atoms with van der Waals surface area (Å²) in [5, 5.41) is 2.76. The molecule has 1 fully saturated rings. The highest BCUT2D eigenvalue weighted by Crippen LogP contribution is 2.03. The number of nitrogens with zero attached hydrogens (tertiary/aromatic N) is 1. The van der Waals surface area contributed by atoms with Crippen LogP contribution in [0.3, 0.4) is 0 Å². The zero-order valence-corrected chi connectivity index (χ0v) is 7.12. The van der Waals surface area contributed by atoms with Crippen molar-refractivity contribution < 1.29 is 4.79 Å². The van der Waals surface area contributed by atoms with Crippen molar-refractivity contribution in [3.8, 4) is 0 Å². The third-order valence-corrected chi connectivity index (χ3v) is 2.10. The molecule has 12 heavy (non-hydrogen) atoms. The van der Waals surface area contributed by atoms with E-state index in [0.717, 1.165) is 19.5 Å². The summed E-state index contributed by atoms with van der Waals surface area (Å²) in [6.07, 6.45) is 0.974. The van der Waals surface area contributed by atoms with Crippen LogP contribution in [0, 0.1) is 0 Å². The molecular weight excluding hydrogens is 156 g/mol. The third kappa shape index (κ3) is 1.86. The minimum atomic E-state index is -0.0397. The van der Waals surface area contributed by atoms with Gasteiger partial charge in [-0.05, 0) is 6.42 Å². The summed E-state index contributed by atoms with van der Waals surface area (Å²) in [6.45, 7) is 2.40. The van der Waals surface area contributed by atoms with E-state index >= 15 is 0 Å². The molecule has 5 nitrogen and oxygen atoms in total. The second-order valence-electron chi connectivity index (χ2n) is 2.90. The fourth-order valence-electron chi connectivity index (χ4n) is 1.35. The third-order valence-electron chi connectivity index (χ3n) is 2.10. The summed E-state index contributed by atoms with van der Waals surface area (Å²) in [5.74, 6) is 0. The molecule has 0 aromatic heterocycles.